The summed E-state index contributed by atoms with van der Waals surface area (Å²) in [5.41, 5.74) is -0.103. The number of sulfonamides is 1. The number of epoxide rings is 1. The number of thiophene rings is 1. The highest BCUT2D eigenvalue weighted by Gasteiger charge is 2.50. The Labute approximate surface area is 235 Å². The van der Waals surface area contributed by atoms with Gasteiger partial charge in [-0.1, -0.05) is 58.0 Å². The summed E-state index contributed by atoms with van der Waals surface area (Å²) in [4.78, 5) is 40.3. The van der Waals surface area contributed by atoms with E-state index in [1.54, 1.807) is 12.3 Å². The Hall–Kier alpha value is -2.60. The molecule has 2 aromatic rings. The van der Waals surface area contributed by atoms with E-state index in [0.29, 0.717) is 13.0 Å². The predicted molar refractivity (Wildman–Crippen MR) is 151 cm³/mol. The normalized spacial score (nSPS) is 19.4. The molecule has 1 fully saturated rings. The molecule has 2 amide bonds. The molecule has 0 radical (unpaired) electrons. The van der Waals surface area contributed by atoms with Gasteiger partial charge in [-0.3, -0.25) is 14.4 Å². The third kappa shape index (κ3) is 8.96. The first-order chi connectivity index (χ1) is 18.3. The highest BCUT2D eigenvalue weighted by atomic mass is 32.2. The van der Waals surface area contributed by atoms with Crippen LogP contribution in [0.5, 0.6) is 0 Å². The lowest BCUT2D eigenvalue weighted by atomic mass is 9.93. The number of Topliss-reactive ketones (excluding diaryl/α,β-unsaturated/α-hetero) is 1. The summed E-state index contributed by atoms with van der Waals surface area (Å²) in [6.45, 7) is 9.70. The standard InChI is InChI=1S/C28H39N3O6S2/c1-18(2)13-22(25(32)28(5)17-37-28)29-26(33)23(15-20-9-7-6-8-10-20)30-27(34)24(14-19(3)4)31-39(35,36)21-11-12-38-16-21/h6-12,16,18-19,22-24,31H,13-15,17H2,1-5H3,(H,29,33)(H,30,34)/t22-,23-,24-,28+/m0/s1. The van der Waals surface area contributed by atoms with Gasteiger partial charge in [-0.2, -0.15) is 16.1 Å². The number of benzene rings is 1. The van der Waals surface area contributed by atoms with Gasteiger partial charge in [-0.05, 0) is 48.6 Å². The van der Waals surface area contributed by atoms with Crippen LogP contribution in [0.2, 0.25) is 0 Å². The number of rotatable bonds is 15. The van der Waals surface area contributed by atoms with Gasteiger partial charge in [-0.25, -0.2) is 8.42 Å². The molecule has 4 atom stereocenters. The molecule has 1 aliphatic heterocycles. The maximum atomic E-state index is 13.6. The van der Waals surface area contributed by atoms with Gasteiger partial charge < -0.3 is 15.4 Å². The van der Waals surface area contributed by atoms with Crippen LogP contribution in [0.1, 0.15) is 53.0 Å². The number of amides is 2. The number of carbonyl (C=O) groups is 3. The van der Waals surface area contributed by atoms with Crippen molar-refractivity contribution in [2.45, 2.75) is 82.5 Å². The van der Waals surface area contributed by atoms with Crippen LogP contribution in [0.15, 0.2) is 52.1 Å². The average Bonchev–Trinajstić information content (AvgIpc) is 3.36. The van der Waals surface area contributed by atoms with Crippen molar-refractivity contribution in [1.29, 1.82) is 0 Å². The highest BCUT2D eigenvalue weighted by molar-refractivity contribution is 7.89. The molecule has 3 N–H and O–H groups in total. The Balaban J connectivity index is 1.83. The van der Waals surface area contributed by atoms with Crippen molar-refractivity contribution in [2.75, 3.05) is 6.61 Å². The SMILES string of the molecule is CC(C)C[C@H](NS(=O)(=O)c1ccsc1)C(=O)N[C@@H](Cc1ccccc1)C(=O)N[C@@H](CC(C)C)C(=O)[C@@]1(C)CO1. The summed E-state index contributed by atoms with van der Waals surface area (Å²) in [5.74, 6) is -1.19. The number of nitrogens with one attached hydrogen (secondary N) is 3. The van der Waals surface area contributed by atoms with Gasteiger partial charge >= 0.3 is 0 Å². The lowest BCUT2D eigenvalue weighted by Crippen LogP contribution is -2.57. The van der Waals surface area contributed by atoms with E-state index >= 15 is 0 Å². The Morgan fingerprint density at radius 3 is 2.03 bits per heavy atom. The zero-order valence-electron chi connectivity index (χ0n) is 23.1. The minimum absolute atomic E-state index is 0.000320. The van der Waals surface area contributed by atoms with E-state index in [9.17, 15) is 22.8 Å². The smallest absolute Gasteiger partial charge is 0.243 e. The maximum Gasteiger partial charge on any atom is 0.243 e. The van der Waals surface area contributed by atoms with Gasteiger partial charge in [-0.15, -0.1) is 0 Å². The summed E-state index contributed by atoms with van der Waals surface area (Å²) in [6, 6.07) is 7.77. The van der Waals surface area contributed by atoms with Crippen LogP contribution in [0.25, 0.3) is 0 Å². The van der Waals surface area contributed by atoms with Gasteiger partial charge in [0.15, 0.2) is 5.78 Å². The fourth-order valence-electron chi connectivity index (χ4n) is 4.27. The summed E-state index contributed by atoms with van der Waals surface area (Å²) < 4.78 is 33.7. The lowest BCUT2D eigenvalue weighted by Gasteiger charge is -2.27. The summed E-state index contributed by atoms with van der Waals surface area (Å²) in [7, 11) is -3.93. The minimum atomic E-state index is -3.93. The van der Waals surface area contributed by atoms with Gasteiger partial charge in [0.1, 0.15) is 17.7 Å². The van der Waals surface area contributed by atoms with Crippen molar-refractivity contribution in [3.63, 3.8) is 0 Å². The monoisotopic (exact) mass is 577 g/mol. The molecule has 39 heavy (non-hydrogen) atoms. The second-order valence-corrected chi connectivity index (χ2v) is 13.6. The topological polar surface area (TPSA) is 134 Å². The summed E-state index contributed by atoms with van der Waals surface area (Å²) in [6.07, 6.45) is 0.825. The van der Waals surface area contributed by atoms with Gasteiger partial charge in [0, 0.05) is 11.8 Å². The van der Waals surface area contributed by atoms with Crippen molar-refractivity contribution in [3.8, 4) is 0 Å². The van der Waals surface area contributed by atoms with Crippen molar-refractivity contribution in [2.24, 2.45) is 11.8 Å². The van der Waals surface area contributed by atoms with Crippen LogP contribution in [-0.4, -0.2) is 56.3 Å². The first-order valence-electron chi connectivity index (χ1n) is 13.2. The van der Waals surface area contributed by atoms with Crippen molar-refractivity contribution < 1.29 is 27.5 Å². The van der Waals surface area contributed by atoms with Crippen LogP contribution < -0.4 is 15.4 Å². The molecule has 1 aromatic heterocycles. The quantitative estimate of drug-likeness (QED) is 0.279. The van der Waals surface area contributed by atoms with Crippen molar-refractivity contribution >= 4 is 39.0 Å². The summed E-state index contributed by atoms with van der Waals surface area (Å²) in [5, 5.41) is 8.76. The van der Waals surface area contributed by atoms with Crippen LogP contribution in [-0.2, 0) is 35.6 Å². The fourth-order valence-corrected chi connectivity index (χ4v) is 6.50. The molecular formula is C28H39N3O6S2. The zero-order valence-corrected chi connectivity index (χ0v) is 24.7. The van der Waals surface area contributed by atoms with Crippen LogP contribution in [0, 0.1) is 11.8 Å². The van der Waals surface area contributed by atoms with Crippen molar-refractivity contribution in [3.05, 3.63) is 52.7 Å². The molecular weight excluding hydrogens is 538 g/mol. The fraction of sp³-hybridized carbons (Fsp3) is 0.536. The molecule has 3 rings (SSSR count). The molecule has 214 valence electrons. The highest BCUT2D eigenvalue weighted by Crippen LogP contribution is 2.29. The van der Waals surface area contributed by atoms with E-state index in [0.717, 1.165) is 5.56 Å². The van der Waals surface area contributed by atoms with E-state index < -0.39 is 45.6 Å². The van der Waals surface area contributed by atoms with Gasteiger partial charge in [0.05, 0.1) is 17.5 Å². The second-order valence-electron chi connectivity index (χ2n) is 11.1. The number of ketones is 1. The molecule has 0 unspecified atom stereocenters. The predicted octanol–water partition coefficient (Wildman–Crippen LogP) is 3.06. The molecule has 1 aliphatic rings. The number of hydrogen-bond donors (Lipinski definition) is 3. The van der Waals surface area contributed by atoms with E-state index in [-0.39, 0.29) is 35.4 Å². The van der Waals surface area contributed by atoms with Crippen LogP contribution >= 0.6 is 11.3 Å². The van der Waals surface area contributed by atoms with E-state index in [1.165, 1.54) is 22.8 Å². The van der Waals surface area contributed by atoms with Crippen molar-refractivity contribution in [1.82, 2.24) is 15.4 Å². The number of carbonyl (C=O) groups excluding carboxylic acids is 3. The minimum Gasteiger partial charge on any atom is -0.361 e. The molecule has 11 heteroatoms. The molecule has 0 aliphatic carbocycles. The average molecular weight is 578 g/mol. The Kier molecular flexibility index (Phi) is 10.4. The summed E-state index contributed by atoms with van der Waals surface area (Å²) >= 11 is 1.24. The number of ether oxygens (including phenoxy) is 1. The third-order valence-electron chi connectivity index (χ3n) is 6.48. The van der Waals surface area contributed by atoms with Crippen LogP contribution in [0.3, 0.4) is 0 Å². The molecule has 1 aromatic carbocycles. The van der Waals surface area contributed by atoms with E-state index in [4.69, 9.17) is 4.74 Å². The number of hydrogen-bond acceptors (Lipinski definition) is 7. The van der Waals surface area contributed by atoms with E-state index in [2.05, 4.69) is 15.4 Å². The zero-order chi connectivity index (χ0) is 28.8. The van der Waals surface area contributed by atoms with Gasteiger partial charge in [0.25, 0.3) is 0 Å². The molecule has 2 heterocycles. The third-order valence-corrected chi connectivity index (χ3v) is 8.78. The largest absolute Gasteiger partial charge is 0.361 e. The van der Waals surface area contributed by atoms with Crippen LogP contribution in [0.4, 0.5) is 0 Å². The Bertz CT molecular complexity index is 1230. The molecule has 0 saturated carbocycles. The maximum absolute atomic E-state index is 13.6. The second kappa shape index (κ2) is 13.2. The van der Waals surface area contributed by atoms with Gasteiger partial charge in [0.2, 0.25) is 21.8 Å². The Morgan fingerprint density at radius 2 is 1.49 bits per heavy atom. The molecule has 0 bridgehead atoms. The Morgan fingerprint density at radius 1 is 0.923 bits per heavy atom. The lowest BCUT2D eigenvalue weighted by molar-refractivity contribution is -0.133. The molecule has 1 saturated heterocycles. The first kappa shape index (κ1) is 30.9. The first-order valence-corrected chi connectivity index (χ1v) is 15.6. The molecule has 9 nitrogen and oxygen atoms in total. The van der Waals surface area contributed by atoms with E-state index in [1.807, 2.05) is 58.0 Å². The molecule has 0 spiro atoms.